The van der Waals surface area contributed by atoms with Gasteiger partial charge in [0.2, 0.25) is 0 Å². The Morgan fingerprint density at radius 1 is 1.42 bits per heavy atom. The van der Waals surface area contributed by atoms with Crippen molar-refractivity contribution in [3.05, 3.63) is 29.0 Å². The van der Waals surface area contributed by atoms with Crippen LogP contribution < -0.4 is 5.46 Å². The zero-order valence-corrected chi connectivity index (χ0v) is 8.34. The van der Waals surface area contributed by atoms with Crippen LogP contribution in [0.3, 0.4) is 0 Å². The third-order valence-electron chi connectivity index (χ3n) is 1.24. The summed E-state index contributed by atoms with van der Waals surface area (Å²) in [6.07, 6.45) is 0. The normalized spacial score (nSPS) is 9.00. The molecule has 0 atom stereocenters. The minimum Gasteiger partial charge on any atom is -1.00 e. The molecule has 0 heterocycles. The summed E-state index contributed by atoms with van der Waals surface area (Å²) >= 11 is 5.35. The first kappa shape index (κ1) is 12.2. The van der Waals surface area contributed by atoms with Crippen molar-refractivity contribution in [2.75, 3.05) is 0 Å². The van der Waals surface area contributed by atoms with Crippen molar-refractivity contribution in [3.8, 4) is 0 Å². The molecule has 6 heteroatoms. The van der Waals surface area contributed by atoms with Gasteiger partial charge in [0.25, 0.3) is 0 Å². The van der Waals surface area contributed by atoms with Crippen molar-refractivity contribution in [2.24, 2.45) is 0 Å². The van der Waals surface area contributed by atoms with E-state index in [0.717, 1.165) is 6.07 Å². The van der Waals surface area contributed by atoms with Crippen molar-refractivity contribution in [1.29, 1.82) is 0 Å². The summed E-state index contributed by atoms with van der Waals surface area (Å²) in [6, 6.07) is 3.59. The fraction of sp³-hybridized carbons (Fsp3) is 0. The van der Waals surface area contributed by atoms with Crippen LogP contribution in [-0.4, -0.2) is 40.2 Å². The van der Waals surface area contributed by atoms with Gasteiger partial charge in [0, 0.05) is 0 Å². The molecule has 0 aliphatic rings. The van der Waals surface area contributed by atoms with Crippen LogP contribution in [0.15, 0.2) is 18.2 Å². The summed E-state index contributed by atoms with van der Waals surface area (Å²) in [5.41, 5.74) is 0.0897. The van der Waals surface area contributed by atoms with Crippen LogP contribution in [-0.2, 0) is 0 Å². The van der Waals surface area contributed by atoms with E-state index in [4.69, 9.17) is 21.6 Å². The van der Waals surface area contributed by atoms with Crippen LogP contribution >= 0.6 is 11.6 Å². The molecule has 1 rings (SSSR count). The van der Waals surface area contributed by atoms with Gasteiger partial charge in [-0.15, -0.1) is 0 Å². The molecule has 0 aliphatic carbocycles. The van der Waals surface area contributed by atoms with E-state index in [1.807, 2.05) is 0 Å². The Morgan fingerprint density at radius 3 is 2.42 bits per heavy atom. The van der Waals surface area contributed by atoms with Gasteiger partial charge in [-0.2, -0.15) is 0 Å². The Kier molecular flexibility index (Phi) is 5.12. The van der Waals surface area contributed by atoms with Gasteiger partial charge in [0.15, 0.2) is 0 Å². The smallest absolute Gasteiger partial charge is 1.00 e. The van der Waals surface area contributed by atoms with Crippen LogP contribution in [0.4, 0.5) is 4.39 Å². The molecule has 1 aromatic carbocycles. The predicted octanol–water partition coefficient (Wildman–Crippen LogP) is 0.00310. The Labute approximate surface area is 93.6 Å². The van der Waals surface area contributed by atoms with Crippen molar-refractivity contribution in [3.63, 3.8) is 0 Å². The molecule has 0 fully saturated rings. The fourth-order valence-electron chi connectivity index (χ4n) is 0.673. The second-order valence-electron chi connectivity index (χ2n) is 2.05. The number of halogens is 2. The average Bonchev–Trinajstić information content (AvgIpc) is 1.94. The topological polar surface area (TPSA) is 40.5 Å². The van der Waals surface area contributed by atoms with E-state index in [0.29, 0.717) is 0 Å². The van der Waals surface area contributed by atoms with Gasteiger partial charge in [-0.25, -0.2) is 4.39 Å². The van der Waals surface area contributed by atoms with E-state index in [1.165, 1.54) is 12.1 Å². The predicted molar refractivity (Wildman–Crippen MR) is 49.2 cm³/mol. The summed E-state index contributed by atoms with van der Waals surface area (Å²) in [7, 11) is -1.65. The molecule has 12 heavy (non-hydrogen) atoms. The van der Waals surface area contributed by atoms with Gasteiger partial charge in [-0.1, -0.05) is 17.7 Å². The summed E-state index contributed by atoms with van der Waals surface area (Å²) in [4.78, 5) is 0. The summed E-state index contributed by atoms with van der Waals surface area (Å²) in [5, 5.41) is 17.1. The molecule has 0 aliphatic heterocycles. The fourth-order valence-corrected chi connectivity index (χ4v) is 0.791. The molecular weight excluding hydrogens is 194 g/mol. The van der Waals surface area contributed by atoms with Gasteiger partial charge in [-0.05, 0) is 17.6 Å². The number of hydrogen-bond acceptors (Lipinski definition) is 2. The monoisotopic (exact) mass is 200 g/mol. The van der Waals surface area contributed by atoms with Crippen molar-refractivity contribution in [1.82, 2.24) is 0 Å². The molecule has 0 amide bonds. The zero-order chi connectivity index (χ0) is 8.43. The Bertz CT molecular complexity index is 280. The third-order valence-corrected chi connectivity index (χ3v) is 1.55. The van der Waals surface area contributed by atoms with Gasteiger partial charge in [0.05, 0.1) is 5.02 Å². The number of benzene rings is 1. The number of hydrogen-bond donors (Lipinski definition) is 2. The van der Waals surface area contributed by atoms with Crippen molar-refractivity contribution >= 4 is 47.2 Å². The van der Waals surface area contributed by atoms with E-state index >= 15 is 0 Å². The van der Waals surface area contributed by atoms with Gasteiger partial charge in [-0.3, -0.25) is 0 Å². The van der Waals surface area contributed by atoms with Crippen molar-refractivity contribution < 1.29 is 17.3 Å². The maximum Gasteiger partial charge on any atom is 2.00 e. The minimum absolute atomic E-state index is 0. The van der Waals surface area contributed by atoms with Gasteiger partial charge < -0.3 is 12.9 Å². The first-order chi connectivity index (χ1) is 5.11. The third kappa shape index (κ3) is 2.91. The summed E-state index contributed by atoms with van der Waals surface area (Å²) < 4.78 is 12.6. The first-order valence-electron chi connectivity index (χ1n) is 2.92. The van der Waals surface area contributed by atoms with E-state index < -0.39 is 12.9 Å². The molecule has 0 bridgehead atoms. The van der Waals surface area contributed by atoms with Crippen LogP contribution in [0.2, 0.25) is 5.02 Å². The second kappa shape index (κ2) is 5.04. The molecule has 0 spiro atoms. The first-order valence-corrected chi connectivity index (χ1v) is 3.30. The number of rotatable bonds is 1. The molecule has 0 aromatic heterocycles. The molecule has 0 saturated heterocycles. The molecule has 0 radical (unpaired) electrons. The molecule has 2 nitrogen and oxygen atoms in total. The van der Waals surface area contributed by atoms with Crippen LogP contribution in [0.1, 0.15) is 2.85 Å². The molecule has 2 N–H and O–H groups in total. The van der Waals surface area contributed by atoms with Crippen LogP contribution in [0.25, 0.3) is 0 Å². The molecular formula is C6H7BClFMgO2. The maximum absolute atomic E-state index is 12.6. The standard InChI is InChI=1S/C6H5BClFO2.Mg.2H/c8-5-2-1-4(7(10)11)3-6(5)9;;;/h1-3,10-11H;;;/q;+2;2*-1. The molecule has 1 aromatic rings. The van der Waals surface area contributed by atoms with E-state index in [1.54, 1.807) is 0 Å². The minimum atomic E-state index is -1.65. The van der Waals surface area contributed by atoms with Gasteiger partial charge in [0.1, 0.15) is 5.82 Å². The largest absolute Gasteiger partial charge is 2.00 e. The summed E-state index contributed by atoms with van der Waals surface area (Å²) in [5.74, 6) is -0.655. The Hall–Kier alpha value is 0.191. The van der Waals surface area contributed by atoms with E-state index in [2.05, 4.69) is 0 Å². The zero-order valence-electron chi connectivity index (χ0n) is 8.17. The average molecular weight is 201 g/mol. The van der Waals surface area contributed by atoms with Gasteiger partial charge >= 0.3 is 30.2 Å². The van der Waals surface area contributed by atoms with E-state index in [9.17, 15) is 4.39 Å². The molecule has 62 valence electrons. The summed E-state index contributed by atoms with van der Waals surface area (Å²) in [6.45, 7) is 0. The SMILES string of the molecule is OB(O)c1ccc(Cl)c(F)c1.[H-].[H-].[Mg+2]. The molecule has 0 unspecified atom stereocenters. The van der Waals surface area contributed by atoms with Crippen molar-refractivity contribution in [2.45, 2.75) is 0 Å². The van der Waals surface area contributed by atoms with E-state index in [-0.39, 0.29) is 36.4 Å². The quantitative estimate of drug-likeness (QED) is 0.627. The maximum atomic E-state index is 12.6. The Morgan fingerprint density at radius 2 is 2.00 bits per heavy atom. The molecule has 0 saturated carbocycles. The van der Waals surface area contributed by atoms with Crippen LogP contribution in [0, 0.1) is 5.82 Å². The Balaban J connectivity index is -0.000000403. The second-order valence-corrected chi connectivity index (χ2v) is 2.45. The van der Waals surface area contributed by atoms with Crippen LogP contribution in [0.5, 0.6) is 0 Å².